The van der Waals surface area contributed by atoms with Crippen molar-refractivity contribution in [2.45, 2.75) is 19.4 Å². The van der Waals surface area contributed by atoms with E-state index in [4.69, 9.17) is 15.9 Å². The number of rotatable bonds is 3. The number of benzene rings is 1. The number of hydrogen-bond donors (Lipinski definition) is 0. The van der Waals surface area contributed by atoms with Gasteiger partial charge in [0.1, 0.15) is 11.5 Å². The summed E-state index contributed by atoms with van der Waals surface area (Å²) in [6, 6.07) is 5.33. The Balaban J connectivity index is 2.03. The van der Waals surface area contributed by atoms with E-state index in [0.29, 0.717) is 34.2 Å². The van der Waals surface area contributed by atoms with Crippen LogP contribution in [0.5, 0.6) is 11.5 Å². The third-order valence-corrected chi connectivity index (χ3v) is 4.59. The molecule has 0 aliphatic carbocycles. The average molecular weight is 377 g/mol. The third-order valence-electron chi connectivity index (χ3n) is 4.59. The Morgan fingerprint density at radius 1 is 1.18 bits per heavy atom. The largest absolute Gasteiger partial charge is 0.493 e. The molecule has 1 atom stereocenters. The van der Waals surface area contributed by atoms with Crippen LogP contribution >= 0.6 is 0 Å². The summed E-state index contributed by atoms with van der Waals surface area (Å²) in [5.41, 5.74) is 0.730. The van der Waals surface area contributed by atoms with Crippen LogP contribution in [-0.4, -0.2) is 29.1 Å². The summed E-state index contributed by atoms with van der Waals surface area (Å²) in [7, 11) is 4.68. The van der Waals surface area contributed by atoms with Crippen molar-refractivity contribution in [3.05, 3.63) is 50.2 Å². The van der Waals surface area contributed by atoms with Gasteiger partial charge < -0.3 is 9.47 Å². The number of aromatic nitrogens is 2. The van der Waals surface area contributed by atoms with Gasteiger partial charge in [-0.2, -0.15) is 0 Å². The highest BCUT2D eigenvalue weighted by molar-refractivity contribution is 6.09. The molecule has 2 heterocycles. The van der Waals surface area contributed by atoms with Gasteiger partial charge in [-0.05, 0) is 24.1 Å². The van der Waals surface area contributed by atoms with Crippen LogP contribution in [0.2, 0.25) is 0 Å². The molecule has 0 radical (unpaired) electrons. The lowest BCUT2D eigenvalue weighted by atomic mass is 10.0. The van der Waals surface area contributed by atoms with E-state index in [1.807, 2.05) is 6.92 Å². The van der Waals surface area contributed by atoms with Gasteiger partial charge in [-0.1, -0.05) is 18.8 Å². The molecule has 0 bridgehead atoms. The first kappa shape index (κ1) is 19.1. The zero-order chi connectivity index (χ0) is 20.4. The topological polar surface area (TPSA) is 74.8 Å². The van der Waals surface area contributed by atoms with Gasteiger partial charge >= 0.3 is 5.69 Å². The number of methoxy groups -OCH3 is 2. The molecule has 1 aromatic carbocycles. The number of terminal acetylenes is 1. The maximum absolute atomic E-state index is 12.7. The number of aliphatic imine (C=N–C) groups is 1. The van der Waals surface area contributed by atoms with E-state index in [1.165, 1.54) is 4.57 Å². The molecule has 3 rings (SSSR count). The molecule has 1 aromatic heterocycles. The maximum atomic E-state index is 12.7. The van der Waals surface area contributed by atoms with Crippen molar-refractivity contribution >= 4 is 11.5 Å². The predicted octanol–water partition coefficient (Wildman–Crippen LogP) is 1.44. The average Bonchev–Trinajstić information content (AvgIpc) is 3.04. The molecule has 1 aliphatic rings. The van der Waals surface area contributed by atoms with Gasteiger partial charge in [-0.15, -0.1) is 6.42 Å². The van der Waals surface area contributed by atoms with Crippen LogP contribution in [-0.2, 0) is 13.6 Å². The molecule has 28 heavy (non-hydrogen) atoms. The van der Waals surface area contributed by atoms with Gasteiger partial charge in [0.2, 0.25) is 0 Å². The van der Waals surface area contributed by atoms with Gasteiger partial charge in [0.05, 0.1) is 26.3 Å². The van der Waals surface area contributed by atoms with Crippen molar-refractivity contribution in [1.29, 1.82) is 0 Å². The van der Waals surface area contributed by atoms with Gasteiger partial charge in [0.15, 0.2) is 11.5 Å². The maximum Gasteiger partial charge on any atom is 0.333 e. The summed E-state index contributed by atoms with van der Waals surface area (Å²) < 4.78 is 12.9. The van der Waals surface area contributed by atoms with Crippen LogP contribution in [0.15, 0.2) is 32.8 Å². The molecular weight excluding hydrogens is 358 g/mol. The van der Waals surface area contributed by atoms with Gasteiger partial charge in [0.25, 0.3) is 5.56 Å². The number of ether oxygens (including phenoxy) is 2. The van der Waals surface area contributed by atoms with E-state index in [1.54, 1.807) is 39.5 Å². The van der Waals surface area contributed by atoms with E-state index in [9.17, 15) is 9.59 Å². The summed E-state index contributed by atoms with van der Waals surface area (Å²) >= 11 is 0. The zero-order valence-corrected chi connectivity index (χ0v) is 16.1. The van der Waals surface area contributed by atoms with Crippen molar-refractivity contribution in [2.24, 2.45) is 12.0 Å². The zero-order valence-electron chi connectivity index (χ0n) is 16.1. The molecule has 1 unspecified atom stereocenters. The van der Waals surface area contributed by atoms with Crippen molar-refractivity contribution < 1.29 is 9.47 Å². The summed E-state index contributed by atoms with van der Waals surface area (Å²) in [4.78, 5) is 29.5. The summed E-state index contributed by atoms with van der Waals surface area (Å²) in [6.07, 6.45) is 5.28. The van der Waals surface area contributed by atoms with Crippen molar-refractivity contribution in [2.75, 3.05) is 14.2 Å². The Kier molecular flexibility index (Phi) is 5.10. The molecule has 0 spiro atoms. The molecule has 2 aromatic rings. The molecule has 7 nitrogen and oxygen atoms in total. The van der Waals surface area contributed by atoms with E-state index in [0.717, 1.165) is 4.57 Å². The van der Waals surface area contributed by atoms with Crippen molar-refractivity contribution in [1.82, 2.24) is 9.13 Å². The quantitative estimate of drug-likeness (QED) is 0.759. The highest BCUT2D eigenvalue weighted by atomic mass is 16.5. The van der Waals surface area contributed by atoms with Gasteiger partial charge in [-0.3, -0.25) is 9.36 Å². The van der Waals surface area contributed by atoms with Crippen LogP contribution in [0.1, 0.15) is 24.0 Å². The molecule has 0 saturated carbocycles. The number of fused-ring (bicyclic) bond motifs is 1. The third kappa shape index (κ3) is 3.08. The Bertz CT molecular complexity index is 1200. The summed E-state index contributed by atoms with van der Waals surface area (Å²) in [5, 5.41) is 0. The van der Waals surface area contributed by atoms with Crippen LogP contribution in [0, 0.1) is 24.2 Å². The van der Waals surface area contributed by atoms with Gasteiger partial charge in [-0.25, -0.2) is 14.4 Å². The first-order chi connectivity index (χ1) is 13.4. The van der Waals surface area contributed by atoms with Gasteiger partial charge in [0, 0.05) is 18.5 Å². The predicted molar refractivity (Wildman–Crippen MR) is 107 cm³/mol. The Hall–Kier alpha value is -3.71. The van der Waals surface area contributed by atoms with E-state index < -0.39 is 11.2 Å². The minimum absolute atomic E-state index is 0.0852. The molecule has 0 N–H and O–H groups in total. The van der Waals surface area contributed by atoms with Crippen LogP contribution in [0.3, 0.4) is 0 Å². The first-order valence-electron chi connectivity index (χ1n) is 8.52. The highest BCUT2D eigenvalue weighted by Gasteiger charge is 2.29. The first-order valence-corrected chi connectivity index (χ1v) is 8.52. The lowest BCUT2D eigenvalue weighted by Crippen LogP contribution is -2.40. The molecule has 7 heteroatoms. The minimum atomic E-state index is -0.494. The molecule has 0 saturated heterocycles. The summed E-state index contributed by atoms with van der Waals surface area (Å²) in [6.45, 7) is 1.75. The molecule has 142 valence electrons. The standard InChI is InChI=1S/C21H19N3O4/c1-6-11-24-20(25)18-13(2)15(22-19(18)23(3)21(24)26)9-7-14-8-10-16(27-4)17(12-14)28-5/h1,8,10,12-13H,11H2,2-5H3. The SMILES string of the molecule is C#CCn1c(=O)c2c(n(C)c1=O)N=C(C#Cc1ccc(OC)c(OC)c1)C2C. The lowest BCUT2D eigenvalue weighted by molar-refractivity contribution is 0.355. The van der Waals surface area contributed by atoms with Crippen LogP contribution < -0.4 is 20.7 Å². The minimum Gasteiger partial charge on any atom is -0.493 e. The highest BCUT2D eigenvalue weighted by Crippen LogP contribution is 2.31. The van der Waals surface area contributed by atoms with E-state index >= 15 is 0 Å². The second-order valence-corrected chi connectivity index (χ2v) is 6.21. The second kappa shape index (κ2) is 7.50. The fourth-order valence-electron chi connectivity index (χ4n) is 3.06. The Morgan fingerprint density at radius 3 is 2.54 bits per heavy atom. The Morgan fingerprint density at radius 2 is 1.89 bits per heavy atom. The summed E-state index contributed by atoms with van der Waals surface area (Å²) in [5.74, 6) is 9.53. The second-order valence-electron chi connectivity index (χ2n) is 6.21. The number of nitrogens with zero attached hydrogens (tertiary/aromatic N) is 3. The molecule has 1 aliphatic heterocycles. The number of hydrogen-bond acceptors (Lipinski definition) is 5. The van der Waals surface area contributed by atoms with Crippen LogP contribution in [0.4, 0.5) is 5.82 Å². The fraction of sp³-hybridized carbons (Fsp3) is 0.286. The monoisotopic (exact) mass is 377 g/mol. The molecular formula is C21H19N3O4. The van der Waals surface area contributed by atoms with E-state index in [2.05, 4.69) is 22.8 Å². The molecule has 0 fully saturated rings. The van der Waals surface area contributed by atoms with Crippen molar-refractivity contribution in [3.8, 4) is 35.7 Å². The van der Waals surface area contributed by atoms with Crippen molar-refractivity contribution in [3.63, 3.8) is 0 Å². The van der Waals surface area contributed by atoms with Crippen LogP contribution in [0.25, 0.3) is 0 Å². The fourth-order valence-corrected chi connectivity index (χ4v) is 3.06. The Labute approximate surface area is 162 Å². The lowest BCUT2D eigenvalue weighted by Gasteiger charge is -2.10. The molecule has 0 amide bonds. The van der Waals surface area contributed by atoms with E-state index in [-0.39, 0.29) is 12.5 Å². The normalized spacial score (nSPS) is 14.4. The smallest absolute Gasteiger partial charge is 0.333 e.